The van der Waals surface area contributed by atoms with Crippen LogP contribution in [0.2, 0.25) is 0 Å². The Bertz CT molecular complexity index is 1580. The summed E-state index contributed by atoms with van der Waals surface area (Å²) in [5, 5.41) is 10.2. The van der Waals surface area contributed by atoms with Crippen molar-refractivity contribution in [3.8, 4) is 11.3 Å². The minimum atomic E-state index is 0.746. The second-order valence-electron chi connectivity index (χ2n) is 8.14. The number of aryl methyl sites for hydroxylation is 1. The van der Waals surface area contributed by atoms with Crippen LogP contribution in [-0.4, -0.2) is 24.3 Å². The third kappa shape index (κ3) is 3.61. The molecule has 0 aliphatic rings. The molecule has 3 aromatic carbocycles. The monoisotopic (exact) mass is 430 g/mol. The van der Waals surface area contributed by atoms with E-state index in [9.17, 15) is 0 Å². The van der Waals surface area contributed by atoms with E-state index < -0.39 is 0 Å². The van der Waals surface area contributed by atoms with Crippen molar-refractivity contribution < 1.29 is 0 Å². The predicted octanol–water partition coefficient (Wildman–Crippen LogP) is 5.78. The summed E-state index contributed by atoms with van der Waals surface area (Å²) in [7, 11) is 2.05. The van der Waals surface area contributed by atoms with E-state index in [0.29, 0.717) is 0 Å². The summed E-state index contributed by atoms with van der Waals surface area (Å²) in [4.78, 5) is 8.99. The zero-order valence-electron chi connectivity index (χ0n) is 18.2. The molecule has 33 heavy (non-hydrogen) atoms. The maximum atomic E-state index is 4.60. The van der Waals surface area contributed by atoms with Crippen LogP contribution in [-0.2, 0) is 13.6 Å². The summed E-state index contributed by atoms with van der Waals surface area (Å²) in [6.07, 6.45) is 5.56. The van der Waals surface area contributed by atoms with Crippen molar-refractivity contribution in [2.24, 2.45) is 7.05 Å². The van der Waals surface area contributed by atoms with Gasteiger partial charge >= 0.3 is 0 Å². The lowest BCUT2D eigenvalue weighted by Gasteiger charge is -2.11. The molecule has 0 saturated heterocycles. The van der Waals surface area contributed by atoms with Crippen molar-refractivity contribution in [2.75, 3.05) is 5.32 Å². The highest BCUT2D eigenvalue weighted by Crippen LogP contribution is 2.29. The molecule has 6 rings (SSSR count). The number of aromatic nitrogens is 5. The molecular weight excluding hydrogens is 408 g/mol. The number of hydrogen-bond donors (Lipinski definition) is 1. The van der Waals surface area contributed by atoms with Gasteiger partial charge in [0.2, 0.25) is 0 Å². The summed E-state index contributed by atoms with van der Waals surface area (Å²) in [5.41, 5.74) is 6.48. The second kappa shape index (κ2) is 7.91. The number of nitrogens with zero attached hydrogens (tertiary/aromatic N) is 5. The summed E-state index contributed by atoms with van der Waals surface area (Å²) in [6.45, 7) is 0.746. The van der Waals surface area contributed by atoms with Gasteiger partial charge in [-0.15, -0.1) is 0 Å². The highest BCUT2D eigenvalue weighted by Gasteiger charge is 2.10. The first-order valence-corrected chi connectivity index (χ1v) is 10.9. The Kier molecular flexibility index (Phi) is 4.61. The van der Waals surface area contributed by atoms with Gasteiger partial charge in [0, 0.05) is 35.4 Å². The minimum absolute atomic E-state index is 0.746. The molecule has 0 fully saturated rings. The first-order chi connectivity index (χ1) is 16.2. The van der Waals surface area contributed by atoms with Crippen molar-refractivity contribution in [2.45, 2.75) is 6.54 Å². The van der Waals surface area contributed by atoms with Crippen LogP contribution < -0.4 is 5.32 Å². The molecular formula is C27H22N6. The van der Waals surface area contributed by atoms with E-state index >= 15 is 0 Å². The first-order valence-electron chi connectivity index (χ1n) is 10.9. The predicted molar refractivity (Wildman–Crippen MR) is 133 cm³/mol. The van der Waals surface area contributed by atoms with E-state index in [-0.39, 0.29) is 0 Å². The first kappa shape index (κ1) is 19.3. The van der Waals surface area contributed by atoms with Gasteiger partial charge in [-0.1, -0.05) is 36.4 Å². The van der Waals surface area contributed by atoms with Crippen LogP contribution in [0, 0.1) is 0 Å². The average molecular weight is 431 g/mol. The molecule has 0 aliphatic carbocycles. The standard InChI is InChI=1S/C27H22N6/c1-32-13-5-8-25(32)20-9-11-24-23(15-20)27(29-18-28-24)31-22-10-12-26-21(14-22)16-30-33(26)17-19-6-3-2-4-7-19/h2-16,18H,17H2,1H3,(H,28,29,31). The maximum absolute atomic E-state index is 4.60. The number of nitrogens with one attached hydrogen (secondary N) is 1. The van der Waals surface area contributed by atoms with Gasteiger partial charge in [0.25, 0.3) is 0 Å². The molecule has 0 spiro atoms. The van der Waals surface area contributed by atoms with Crippen molar-refractivity contribution in [3.05, 3.63) is 103 Å². The summed E-state index contributed by atoms with van der Waals surface area (Å²) < 4.78 is 4.14. The van der Waals surface area contributed by atoms with Crippen LogP contribution in [0.25, 0.3) is 33.1 Å². The largest absolute Gasteiger partial charge is 0.351 e. The number of fused-ring (bicyclic) bond motifs is 2. The third-order valence-corrected chi connectivity index (χ3v) is 5.95. The molecule has 0 unspecified atom stereocenters. The number of benzene rings is 3. The second-order valence-corrected chi connectivity index (χ2v) is 8.14. The lowest BCUT2D eigenvalue weighted by molar-refractivity contribution is 0.712. The lowest BCUT2D eigenvalue weighted by Crippen LogP contribution is -2.01. The maximum Gasteiger partial charge on any atom is 0.141 e. The number of rotatable bonds is 5. The number of anilines is 2. The molecule has 6 aromatic rings. The van der Waals surface area contributed by atoms with Crippen LogP contribution in [0.1, 0.15) is 5.56 Å². The molecule has 0 bridgehead atoms. The topological polar surface area (TPSA) is 60.6 Å². The van der Waals surface area contributed by atoms with E-state index in [2.05, 4.69) is 85.6 Å². The number of hydrogen-bond acceptors (Lipinski definition) is 4. The SMILES string of the molecule is Cn1cccc1-c1ccc2ncnc(Nc3ccc4c(cnn4Cc4ccccc4)c3)c2c1. The Morgan fingerprint density at radius 1 is 0.879 bits per heavy atom. The highest BCUT2D eigenvalue weighted by atomic mass is 15.3. The lowest BCUT2D eigenvalue weighted by atomic mass is 10.1. The van der Waals surface area contributed by atoms with E-state index in [1.54, 1.807) is 6.33 Å². The molecule has 0 aliphatic heterocycles. The van der Waals surface area contributed by atoms with Gasteiger partial charge in [-0.2, -0.15) is 5.10 Å². The molecule has 3 aromatic heterocycles. The molecule has 0 saturated carbocycles. The van der Waals surface area contributed by atoms with Gasteiger partial charge in [-0.25, -0.2) is 9.97 Å². The van der Waals surface area contributed by atoms with Gasteiger partial charge in [-0.05, 0) is 53.6 Å². The van der Waals surface area contributed by atoms with Crippen LogP contribution in [0.5, 0.6) is 0 Å². The van der Waals surface area contributed by atoms with E-state index in [4.69, 9.17) is 0 Å². The molecule has 0 radical (unpaired) electrons. The van der Waals surface area contributed by atoms with Crippen LogP contribution >= 0.6 is 0 Å². The van der Waals surface area contributed by atoms with Crippen molar-refractivity contribution in [3.63, 3.8) is 0 Å². The Labute approximate surface area is 191 Å². The van der Waals surface area contributed by atoms with Gasteiger partial charge in [0.1, 0.15) is 12.1 Å². The normalized spacial score (nSPS) is 11.3. The van der Waals surface area contributed by atoms with Crippen LogP contribution in [0.4, 0.5) is 11.5 Å². The molecule has 6 heteroatoms. The van der Waals surface area contributed by atoms with Gasteiger partial charge < -0.3 is 9.88 Å². The quantitative estimate of drug-likeness (QED) is 0.377. The van der Waals surface area contributed by atoms with Crippen LogP contribution in [0.15, 0.2) is 97.6 Å². The fourth-order valence-electron chi connectivity index (χ4n) is 4.26. The minimum Gasteiger partial charge on any atom is -0.351 e. The Balaban J connectivity index is 1.34. The zero-order chi connectivity index (χ0) is 22.2. The van der Waals surface area contributed by atoms with E-state index in [1.807, 2.05) is 42.3 Å². The van der Waals surface area contributed by atoms with Crippen molar-refractivity contribution in [1.29, 1.82) is 0 Å². The van der Waals surface area contributed by atoms with E-state index in [1.165, 1.54) is 5.56 Å². The Morgan fingerprint density at radius 3 is 2.64 bits per heavy atom. The fourth-order valence-corrected chi connectivity index (χ4v) is 4.26. The molecule has 3 heterocycles. The molecule has 160 valence electrons. The Hall–Kier alpha value is -4.45. The van der Waals surface area contributed by atoms with Crippen molar-refractivity contribution in [1.82, 2.24) is 24.3 Å². The van der Waals surface area contributed by atoms with Crippen molar-refractivity contribution >= 4 is 33.3 Å². The molecule has 6 nitrogen and oxygen atoms in total. The Morgan fingerprint density at radius 2 is 1.79 bits per heavy atom. The van der Waals surface area contributed by atoms with Crippen LogP contribution in [0.3, 0.4) is 0 Å². The third-order valence-electron chi connectivity index (χ3n) is 5.95. The van der Waals surface area contributed by atoms with Gasteiger partial charge in [0.15, 0.2) is 0 Å². The van der Waals surface area contributed by atoms with E-state index in [0.717, 1.165) is 51.1 Å². The molecule has 1 N–H and O–H groups in total. The average Bonchev–Trinajstić information content (AvgIpc) is 3.45. The highest BCUT2D eigenvalue weighted by molar-refractivity contribution is 5.94. The molecule has 0 amide bonds. The summed E-state index contributed by atoms with van der Waals surface area (Å²) in [6, 6.07) is 27.1. The van der Waals surface area contributed by atoms with Gasteiger partial charge in [0.05, 0.1) is 23.8 Å². The van der Waals surface area contributed by atoms with Gasteiger partial charge in [-0.3, -0.25) is 4.68 Å². The summed E-state index contributed by atoms with van der Waals surface area (Å²) >= 11 is 0. The molecule has 0 atom stereocenters. The zero-order valence-corrected chi connectivity index (χ0v) is 18.2. The summed E-state index contributed by atoms with van der Waals surface area (Å²) in [5.74, 6) is 0.784. The fraction of sp³-hybridized carbons (Fsp3) is 0.0741. The smallest absolute Gasteiger partial charge is 0.141 e.